The van der Waals surface area contributed by atoms with E-state index in [1.165, 1.54) is 29.7 Å². The van der Waals surface area contributed by atoms with E-state index in [1.54, 1.807) is 25.1 Å². The van der Waals surface area contributed by atoms with Gasteiger partial charge in [0.2, 0.25) is 16.0 Å². The van der Waals surface area contributed by atoms with E-state index in [9.17, 15) is 17.6 Å². The summed E-state index contributed by atoms with van der Waals surface area (Å²) in [5.41, 5.74) is 4.72. The minimum absolute atomic E-state index is 0.0316. The lowest BCUT2D eigenvalue weighted by Gasteiger charge is -2.35. The van der Waals surface area contributed by atoms with Crippen LogP contribution in [0, 0.1) is 5.82 Å². The second-order valence-corrected chi connectivity index (χ2v) is 13.0. The number of rotatable bonds is 7. The quantitative estimate of drug-likeness (QED) is 0.202. The maximum absolute atomic E-state index is 13.7. The highest BCUT2D eigenvalue weighted by atomic mass is 32.2. The summed E-state index contributed by atoms with van der Waals surface area (Å²) in [5.74, 6) is 0.694. The number of hydrogen-bond donors (Lipinski definition) is 0. The molecule has 0 unspecified atom stereocenters. The number of carbonyl (C=O) groups is 1. The van der Waals surface area contributed by atoms with Crippen LogP contribution in [0.3, 0.4) is 0 Å². The molecule has 0 bridgehead atoms. The third kappa shape index (κ3) is 4.83. The van der Waals surface area contributed by atoms with E-state index >= 15 is 0 Å². The average molecular weight is 589 g/mol. The number of sulfonamides is 1. The number of imidazole rings is 1. The predicted octanol–water partition coefficient (Wildman–Crippen LogP) is 6.50. The molecule has 0 saturated carbocycles. The topological polar surface area (TPSA) is 88.7 Å². The molecule has 2 aromatic heterocycles. The van der Waals surface area contributed by atoms with Gasteiger partial charge in [0, 0.05) is 56.5 Å². The van der Waals surface area contributed by atoms with Crippen molar-refractivity contribution in [3.63, 3.8) is 0 Å². The summed E-state index contributed by atoms with van der Waals surface area (Å²) >= 11 is 0. The van der Waals surface area contributed by atoms with Crippen LogP contribution < -0.4 is 9.21 Å². The van der Waals surface area contributed by atoms with E-state index in [-0.39, 0.29) is 23.9 Å². The Bertz CT molecular complexity index is 1930. The monoisotopic (exact) mass is 588 g/mol. The Morgan fingerprint density at radius 3 is 2.57 bits per heavy atom. The second-order valence-electron chi connectivity index (χ2n) is 11.0. The molecule has 42 heavy (non-hydrogen) atoms. The van der Waals surface area contributed by atoms with Crippen LogP contribution in [0.1, 0.15) is 48.0 Å². The Labute approximate surface area is 244 Å². The number of furan rings is 1. The minimum Gasteiger partial charge on any atom is -0.455 e. The van der Waals surface area contributed by atoms with Gasteiger partial charge in [-0.1, -0.05) is 19.1 Å². The van der Waals surface area contributed by atoms with Gasteiger partial charge in [-0.3, -0.25) is 9.10 Å². The molecular weight excluding hydrogens is 555 g/mol. The van der Waals surface area contributed by atoms with Crippen molar-refractivity contribution in [2.45, 2.75) is 32.1 Å². The van der Waals surface area contributed by atoms with Gasteiger partial charge >= 0.3 is 0 Å². The number of aromatic nitrogens is 2. The van der Waals surface area contributed by atoms with E-state index in [0.29, 0.717) is 40.1 Å². The van der Waals surface area contributed by atoms with E-state index in [2.05, 4.69) is 9.47 Å². The molecule has 1 fully saturated rings. The van der Waals surface area contributed by atoms with Crippen LogP contribution in [-0.2, 0) is 17.1 Å². The van der Waals surface area contributed by atoms with Crippen molar-refractivity contribution in [2.75, 3.05) is 35.6 Å². The Kier molecular flexibility index (Phi) is 7.04. The molecular formula is C32H33FN4O4S. The SMILES string of the molecule is CCC(=O)c1c(-c2ccc(F)cc2)oc2cc(N(C)S(C)(=O)=O)c([C@H]3CCCN(c4nc5ccccc5n4C)C3)cc12. The molecule has 218 valence electrons. The number of carbonyl (C=O) groups excluding carboxylic acids is 1. The summed E-state index contributed by atoms with van der Waals surface area (Å²) in [5, 5.41) is 0.627. The fourth-order valence-electron chi connectivity index (χ4n) is 6.01. The molecule has 3 heterocycles. The molecule has 0 radical (unpaired) electrons. The molecule has 0 amide bonds. The van der Waals surface area contributed by atoms with Crippen LogP contribution in [0.5, 0.6) is 0 Å². The second kappa shape index (κ2) is 10.6. The Balaban J connectivity index is 1.51. The molecule has 5 aromatic rings. The van der Waals surface area contributed by atoms with Crippen LogP contribution in [0.2, 0.25) is 0 Å². The van der Waals surface area contributed by atoms with E-state index in [0.717, 1.165) is 41.9 Å². The molecule has 1 aliphatic rings. The number of ketones is 1. The lowest BCUT2D eigenvalue weighted by atomic mass is 9.88. The predicted molar refractivity (Wildman–Crippen MR) is 164 cm³/mol. The molecule has 0 aliphatic carbocycles. The van der Waals surface area contributed by atoms with Gasteiger partial charge in [0.05, 0.1) is 28.5 Å². The van der Waals surface area contributed by atoms with Crippen molar-refractivity contribution < 1.29 is 22.0 Å². The zero-order valence-electron chi connectivity index (χ0n) is 24.1. The summed E-state index contributed by atoms with van der Waals surface area (Å²) in [7, 11) is -0.0597. The summed E-state index contributed by atoms with van der Waals surface area (Å²) in [4.78, 5) is 20.5. The summed E-state index contributed by atoms with van der Waals surface area (Å²) < 4.78 is 48.9. The van der Waals surface area contributed by atoms with E-state index in [4.69, 9.17) is 9.40 Å². The largest absolute Gasteiger partial charge is 0.455 e. The third-order valence-electron chi connectivity index (χ3n) is 8.29. The molecule has 10 heteroatoms. The van der Waals surface area contributed by atoms with Crippen molar-refractivity contribution in [1.82, 2.24) is 9.55 Å². The lowest BCUT2D eigenvalue weighted by molar-refractivity contribution is 0.0989. The maximum Gasteiger partial charge on any atom is 0.232 e. The lowest BCUT2D eigenvalue weighted by Crippen LogP contribution is -2.37. The smallest absolute Gasteiger partial charge is 0.232 e. The molecule has 1 aliphatic heterocycles. The summed E-state index contributed by atoms with van der Waals surface area (Å²) in [6.45, 7) is 3.25. The number of piperidine rings is 1. The van der Waals surface area contributed by atoms with E-state index in [1.807, 2.05) is 37.4 Å². The number of para-hydroxylation sites is 2. The molecule has 1 atom stereocenters. The minimum atomic E-state index is -3.60. The van der Waals surface area contributed by atoms with Gasteiger partial charge in [-0.05, 0) is 60.9 Å². The number of aryl methyl sites for hydroxylation is 1. The number of benzene rings is 3. The van der Waals surface area contributed by atoms with Gasteiger partial charge in [0.15, 0.2) is 5.78 Å². The number of nitrogens with zero attached hydrogens (tertiary/aromatic N) is 4. The maximum atomic E-state index is 13.7. The fourth-order valence-corrected chi connectivity index (χ4v) is 6.53. The van der Waals surface area contributed by atoms with Crippen molar-refractivity contribution in [3.05, 3.63) is 77.6 Å². The van der Waals surface area contributed by atoms with Crippen molar-refractivity contribution in [3.8, 4) is 11.3 Å². The van der Waals surface area contributed by atoms with Crippen LogP contribution in [0.15, 0.2) is 65.1 Å². The third-order valence-corrected chi connectivity index (χ3v) is 9.48. The molecule has 0 spiro atoms. The first-order chi connectivity index (χ1) is 20.1. The molecule has 3 aromatic carbocycles. The van der Waals surface area contributed by atoms with Crippen molar-refractivity contribution in [2.24, 2.45) is 7.05 Å². The summed E-state index contributed by atoms with van der Waals surface area (Å²) in [6, 6.07) is 17.5. The zero-order chi connectivity index (χ0) is 29.8. The fraction of sp³-hybridized carbons (Fsp3) is 0.312. The highest BCUT2D eigenvalue weighted by Gasteiger charge is 2.31. The Morgan fingerprint density at radius 1 is 1.14 bits per heavy atom. The van der Waals surface area contributed by atoms with E-state index < -0.39 is 10.0 Å². The normalized spacial score (nSPS) is 15.9. The van der Waals surface area contributed by atoms with Crippen LogP contribution in [0.25, 0.3) is 33.3 Å². The highest BCUT2D eigenvalue weighted by Crippen LogP contribution is 2.42. The number of anilines is 2. The van der Waals surface area contributed by atoms with Gasteiger partial charge in [-0.25, -0.2) is 17.8 Å². The number of halogens is 1. The van der Waals surface area contributed by atoms with Crippen LogP contribution >= 0.6 is 0 Å². The highest BCUT2D eigenvalue weighted by molar-refractivity contribution is 7.92. The molecule has 8 nitrogen and oxygen atoms in total. The van der Waals surface area contributed by atoms with Gasteiger partial charge in [0.25, 0.3) is 0 Å². The zero-order valence-corrected chi connectivity index (χ0v) is 24.9. The average Bonchev–Trinajstić information content (AvgIpc) is 3.53. The Morgan fingerprint density at radius 2 is 1.88 bits per heavy atom. The number of hydrogen-bond acceptors (Lipinski definition) is 6. The van der Waals surface area contributed by atoms with Gasteiger partial charge in [-0.15, -0.1) is 0 Å². The van der Waals surface area contributed by atoms with Gasteiger partial charge in [0.1, 0.15) is 17.2 Å². The number of fused-ring (bicyclic) bond motifs is 2. The van der Waals surface area contributed by atoms with Gasteiger partial charge < -0.3 is 13.9 Å². The molecule has 1 saturated heterocycles. The first kappa shape index (κ1) is 28.0. The standard InChI is InChI=1S/C32H33FN4O4S/c1-5-28(38)30-24-17-23(21-9-8-16-37(19-21)32-34-25-10-6-7-11-26(25)35(32)2)27(36(3)42(4,39)40)18-29(24)41-31(30)20-12-14-22(33)15-13-20/h6-7,10-15,17-18,21H,5,8-9,16,19H2,1-4H3/t21-/m0/s1. The molecule has 0 N–H and O–H groups in total. The summed E-state index contributed by atoms with van der Waals surface area (Å²) in [6.07, 6.45) is 3.16. The first-order valence-electron chi connectivity index (χ1n) is 14.1. The number of Topliss-reactive ketones (excluding diaryl/α,β-unsaturated/α-hetero) is 1. The Hall–Kier alpha value is -4.18. The van der Waals surface area contributed by atoms with Gasteiger partial charge in [-0.2, -0.15) is 0 Å². The van der Waals surface area contributed by atoms with Crippen molar-refractivity contribution >= 4 is 49.4 Å². The molecule has 6 rings (SSSR count). The van der Waals surface area contributed by atoms with Crippen molar-refractivity contribution in [1.29, 1.82) is 0 Å². The van der Waals surface area contributed by atoms with Crippen LogP contribution in [0.4, 0.5) is 16.0 Å². The van der Waals surface area contributed by atoms with Crippen LogP contribution in [-0.4, -0.2) is 50.1 Å². The first-order valence-corrected chi connectivity index (χ1v) is 15.9.